The van der Waals surface area contributed by atoms with Gasteiger partial charge in [0, 0.05) is 19.3 Å². The molecular weight excluding hydrogens is 925 g/mol. The van der Waals surface area contributed by atoms with Crippen molar-refractivity contribution in [1.29, 1.82) is 0 Å². The van der Waals surface area contributed by atoms with Crippen molar-refractivity contribution < 1.29 is 58.2 Å². The number of hydrogen-bond acceptors (Lipinski definition) is 11. The molecule has 0 amide bonds. The number of hydrogen-bond donors (Lipinski definition) is 3. The minimum absolute atomic E-state index is 0.0527. The minimum atomic E-state index is -1.91. The van der Waals surface area contributed by atoms with Crippen molar-refractivity contribution in [3.05, 3.63) is 85.1 Å². The highest BCUT2D eigenvalue weighted by Crippen LogP contribution is 2.26. The van der Waals surface area contributed by atoms with Gasteiger partial charge in [0.25, 0.3) is 0 Å². The second kappa shape index (κ2) is 48.8. The van der Waals surface area contributed by atoms with Crippen molar-refractivity contribution in [2.24, 2.45) is 0 Å². The number of esters is 3. The number of carboxylic acids is 1. The summed E-state index contributed by atoms with van der Waals surface area (Å²) < 4.78 is 28.3. The fourth-order valence-electron chi connectivity index (χ4n) is 8.14. The molecule has 12 nitrogen and oxygen atoms in total. The van der Waals surface area contributed by atoms with Gasteiger partial charge < -0.3 is 39.0 Å². The van der Waals surface area contributed by atoms with Gasteiger partial charge in [0.05, 0.1) is 6.61 Å². The largest absolute Gasteiger partial charge is 0.479 e. The van der Waals surface area contributed by atoms with Crippen LogP contribution in [0.25, 0.3) is 0 Å². The van der Waals surface area contributed by atoms with Gasteiger partial charge in [-0.15, -0.1) is 0 Å². The summed E-state index contributed by atoms with van der Waals surface area (Å²) in [7, 11) is 0. The molecule has 6 unspecified atom stereocenters. The molecule has 0 saturated carbocycles. The maximum Gasteiger partial charge on any atom is 0.335 e. The monoisotopic (exact) mass is 1020 g/mol. The molecule has 416 valence electrons. The molecule has 1 aliphatic rings. The molecule has 0 aromatic carbocycles. The number of aliphatic carboxylic acids is 1. The number of aliphatic hydroxyl groups excluding tert-OH is 2. The number of ether oxygens (including phenoxy) is 5. The first-order valence-electron chi connectivity index (χ1n) is 28.6. The van der Waals surface area contributed by atoms with E-state index in [1.807, 2.05) is 0 Å². The fourth-order valence-corrected chi connectivity index (χ4v) is 8.14. The first-order chi connectivity index (χ1) is 35.6. The maximum absolute atomic E-state index is 13.1. The summed E-state index contributed by atoms with van der Waals surface area (Å²) in [4.78, 5) is 51.0. The quantitative estimate of drug-likeness (QED) is 0.0228. The van der Waals surface area contributed by atoms with E-state index in [4.69, 9.17) is 23.7 Å². The molecule has 1 fully saturated rings. The predicted molar refractivity (Wildman–Crippen MR) is 294 cm³/mol. The van der Waals surface area contributed by atoms with Gasteiger partial charge in [0.15, 0.2) is 24.6 Å². The molecule has 6 atom stereocenters. The Morgan fingerprint density at radius 1 is 0.466 bits per heavy atom. The Balaban J connectivity index is 2.74. The first kappa shape index (κ1) is 66.9. The van der Waals surface area contributed by atoms with Crippen molar-refractivity contribution in [2.75, 3.05) is 13.2 Å². The normalized spacial score (nSPS) is 18.9. The van der Waals surface area contributed by atoms with Gasteiger partial charge in [-0.1, -0.05) is 202 Å². The highest BCUT2D eigenvalue weighted by atomic mass is 16.7. The second-order valence-corrected chi connectivity index (χ2v) is 19.2. The zero-order chi connectivity index (χ0) is 53.3. The third kappa shape index (κ3) is 39.0. The zero-order valence-electron chi connectivity index (χ0n) is 45.6. The van der Waals surface area contributed by atoms with Crippen molar-refractivity contribution in [3.63, 3.8) is 0 Å². The number of carbonyl (C=O) groups is 4. The van der Waals surface area contributed by atoms with E-state index in [-0.39, 0.29) is 25.9 Å². The van der Waals surface area contributed by atoms with Crippen LogP contribution in [-0.2, 0) is 42.9 Å². The fraction of sp³-hybridized carbons (Fsp3) is 0.705. The van der Waals surface area contributed by atoms with Gasteiger partial charge in [0.2, 0.25) is 0 Å². The Morgan fingerprint density at radius 2 is 0.863 bits per heavy atom. The van der Waals surface area contributed by atoms with E-state index < -0.39 is 67.3 Å². The number of unbranched alkanes of at least 4 members (excludes halogenated alkanes) is 19. The van der Waals surface area contributed by atoms with Crippen LogP contribution >= 0.6 is 0 Å². The van der Waals surface area contributed by atoms with Gasteiger partial charge in [-0.2, -0.15) is 0 Å². The lowest BCUT2D eigenvalue weighted by molar-refractivity contribution is -0.301. The van der Waals surface area contributed by atoms with Crippen LogP contribution in [0.15, 0.2) is 85.1 Å². The topological polar surface area (TPSA) is 175 Å². The Morgan fingerprint density at radius 3 is 1.34 bits per heavy atom. The van der Waals surface area contributed by atoms with Crippen LogP contribution < -0.4 is 0 Å². The third-order valence-electron chi connectivity index (χ3n) is 12.5. The lowest BCUT2D eigenvalue weighted by atomic mass is 9.98. The molecule has 73 heavy (non-hydrogen) atoms. The molecular formula is C61H100O12. The summed E-state index contributed by atoms with van der Waals surface area (Å²) in [6.07, 6.45) is 49.9. The SMILES string of the molecule is CC/C=C\C/C=C\C/C=C\C/C=C\CCCCC(=O)OCC(COC1OC(C(=O)O)C(O)C(O)C1OC(=O)CCCCCCCCCCCCCCCCC)OC(=O)CCCCC/C=C\C/C=C\C/C=C\CC. The van der Waals surface area contributed by atoms with Gasteiger partial charge in [-0.25, -0.2) is 4.79 Å². The molecule has 0 aliphatic carbocycles. The molecule has 0 bridgehead atoms. The number of rotatable bonds is 47. The Bertz CT molecular complexity index is 1590. The predicted octanol–water partition coefficient (Wildman–Crippen LogP) is 14.3. The maximum atomic E-state index is 13.1. The van der Waals surface area contributed by atoms with E-state index in [9.17, 15) is 34.5 Å². The minimum Gasteiger partial charge on any atom is -0.479 e. The standard InChI is InChI=1S/C61H100O12/c1-4-7-10-13-16-19-22-25-27-30-32-35-38-41-44-47-53(62)69-50-52(71-54(63)48-45-42-39-36-33-29-24-21-18-15-12-9-6-3)51-70-61-59(57(66)56(65)58(73-61)60(67)68)72-55(64)49-46-43-40-37-34-31-28-26-23-20-17-14-11-8-5-2/h7,9-10,12,16,18-19,21,25,27,29,32-33,35,52,56-59,61,65-66H,4-6,8,11,13-15,17,20,22-24,26,28,30-31,34,36-51H2,1-3H3,(H,67,68)/b10-7-,12-9-,19-16-,21-18-,27-25-,33-29-,35-32-. The summed E-state index contributed by atoms with van der Waals surface area (Å²) in [5, 5.41) is 31.4. The van der Waals surface area contributed by atoms with Gasteiger partial charge in [-0.05, 0) is 89.9 Å². The molecule has 1 heterocycles. The number of allylic oxidation sites excluding steroid dienone is 14. The molecule has 1 rings (SSSR count). The highest BCUT2D eigenvalue weighted by Gasteiger charge is 2.50. The summed E-state index contributed by atoms with van der Waals surface area (Å²) in [6, 6.07) is 0. The van der Waals surface area contributed by atoms with Crippen LogP contribution in [0.3, 0.4) is 0 Å². The average Bonchev–Trinajstić information content (AvgIpc) is 3.37. The van der Waals surface area contributed by atoms with E-state index in [0.717, 1.165) is 103 Å². The van der Waals surface area contributed by atoms with Crippen LogP contribution in [0.5, 0.6) is 0 Å². The number of aliphatic hydroxyl groups is 2. The molecule has 0 spiro atoms. The summed E-state index contributed by atoms with van der Waals surface area (Å²) in [6.45, 7) is 5.69. The van der Waals surface area contributed by atoms with E-state index in [1.54, 1.807) is 0 Å². The Labute approximate surface area is 441 Å². The van der Waals surface area contributed by atoms with Crippen LogP contribution in [0, 0.1) is 0 Å². The molecule has 3 N–H and O–H groups in total. The molecule has 1 saturated heterocycles. The second-order valence-electron chi connectivity index (χ2n) is 19.2. The lowest BCUT2D eigenvalue weighted by Gasteiger charge is -2.40. The first-order valence-corrected chi connectivity index (χ1v) is 28.6. The van der Waals surface area contributed by atoms with Crippen LogP contribution in [0.1, 0.15) is 226 Å². The van der Waals surface area contributed by atoms with Crippen molar-refractivity contribution in [2.45, 2.75) is 263 Å². The molecule has 1 aliphatic heterocycles. The van der Waals surface area contributed by atoms with Crippen molar-refractivity contribution >= 4 is 23.9 Å². The molecule has 0 radical (unpaired) electrons. The molecule has 0 aromatic rings. The lowest BCUT2D eigenvalue weighted by Crippen LogP contribution is -2.61. The van der Waals surface area contributed by atoms with Gasteiger partial charge in [-0.3, -0.25) is 14.4 Å². The van der Waals surface area contributed by atoms with Gasteiger partial charge >= 0.3 is 23.9 Å². The van der Waals surface area contributed by atoms with Gasteiger partial charge in [0.1, 0.15) is 18.8 Å². The molecule has 0 aromatic heterocycles. The number of carboxylic acid groups (broad SMARTS) is 1. The van der Waals surface area contributed by atoms with Crippen LogP contribution in [-0.4, -0.2) is 89.2 Å². The van der Waals surface area contributed by atoms with Crippen molar-refractivity contribution in [3.8, 4) is 0 Å². The van der Waals surface area contributed by atoms with Crippen LogP contribution in [0.2, 0.25) is 0 Å². The highest BCUT2D eigenvalue weighted by molar-refractivity contribution is 5.74. The van der Waals surface area contributed by atoms with E-state index in [1.165, 1.54) is 64.2 Å². The number of carbonyl (C=O) groups excluding carboxylic acids is 3. The molecule has 12 heteroatoms. The summed E-state index contributed by atoms with van der Waals surface area (Å²) in [5.74, 6) is -3.22. The van der Waals surface area contributed by atoms with Crippen LogP contribution in [0.4, 0.5) is 0 Å². The third-order valence-corrected chi connectivity index (χ3v) is 12.5. The Hall–Kier alpha value is -4.10. The van der Waals surface area contributed by atoms with E-state index in [0.29, 0.717) is 19.3 Å². The van der Waals surface area contributed by atoms with Crippen molar-refractivity contribution in [1.82, 2.24) is 0 Å². The summed E-state index contributed by atoms with van der Waals surface area (Å²) >= 11 is 0. The average molecular weight is 1030 g/mol. The smallest absolute Gasteiger partial charge is 0.335 e. The Kier molecular flexibility index (Phi) is 44.7. The van der Waals surface area contributed by atoms with E-state index >= 15 is 0 Å². The zero-order valence-corrected chi connectivity index (χ0v) is 45.6. The summed E-state index contributed by atoms with van der Waals surface area (Å²) in [5.41, 5.74) is 0. The van der Waals surface area contributed by atoms with E-state index in [2.05, 4.69) is 106 Å².